The molecule has 1 aromatic rings. The Morgan fingerprint density at radius 2 is 1.95 bits per heavy atom. The number of amides is 1. The minimum Gasteiger partial charge on any atom is -0.481 e. The fourth-order valence-electron chi connectivity index (χ4n) is 2.04. The van der Waals surface area contributed by atoms with Gasteiger partial charge in [-0.1, -0.05) is 23.7 Å². The van der Waals surface area contributed by atoms with Crippen LogP contribution in [-0.4, -0.2) is 23.5 Å². The second-order valence-corrected chi connectivity index (χ2v) is 5.24. The summed E-state index contributed by atoms with van der Waals surface area (Å²) in [6.45, 7) is 0.574. The normalized spacial score (nSPS) is 20.9. The Labute approximate surface area is 116 Å². The summed E-state index contributed by atoms with van der Waals surface area (Å²) >= 11 is 5.79. The van der Waals surface area contributed by atoms with Crippen molar-refractivity contribution < 1.29 is 14.7 Å². The number of rotatable bonds is 6. The van der Waals surface area contributed by atoms with E-state index in [-0.39, 0.29) is 11.8 Å². The Balaban J connectivity index is 1.63. The molecule has 2 N–H and O–H groups in total. The average Bonchev–Trinajstić information content (AvgIpc) is 3.17. The van der Waals surface area contributed by atoms with Crippen molar-refractivity contribution in [3.05, 3.63) is 34.9 Å². The van der Waals surface area contributed by atoms with E-state index in [0.29, 0.717) is 18.0 Å². The number of aliphatic carboxylic acids is 1. The van der Waals surface area contributed by atoms with Gasteiger partial charge in [-0.2, -0.15) is 0 Å². The van der Waals surface area contributed by atoms with Gasteiger partial charge < -0.3 is 10.4 Å². The molecule has 2 unspecified atom stereocenters. The van der Waals surface area contributed by atoms with Crippen LogP contribution in [0.25, 0.3) is 0 Å². The lowest BCUT2D eigenvalue weighted by Crippen LogP contribution is -2.27. The van der Waals surface area contributed by atoms with E-state index in [0.717, 1.165) is 12.8 Å². The molecule has 0 aliphatic heterocycles. The van der Waals surface area contributed by atoms with Crippen LogP contribution in [0.3, 0.4) is 0 Å². The van der Waals surface area contributed by atoms with Crippen LogP contribution in [-0.2, 0) is 16.0 Å². The number of hydrogen-bond acceptors (Lipinski definition) is 2. The number of halogens is 1. The Morgan fingerprint density at radius 3 is 2.53 bits per heavy atom. The highest BCUT2D eigenvalue weighted by Crippen LogP contribution is 2.38. The van der Waals surface area contributed by atoms with E-state index in [4.69, 9.17) is 16.7 Å². The summed E-state index contributed by atoms with van der Waals surface area (Å²) in [7, 11) is 0. The van der Waals surface area contributed by atoms with Gasteiger partial charge >= 0.3 is 5.97 Å². The number of carbonyl (C=O) groups excluding carboxylic acids is 1. The second-order valence-electron chi connectivity index (χ2n) is 4.81. The first-order chi connectivity index (χ1) is 9.08. The molecular formula is C14H16ClNO3. The minimum absolute atomic E-state index is 0.136. The van der Waals surface area contributed by atoms with Crippen molar-refractivity contribution in [3.63, 3.8) is 0 Å². The van der Waals surface area contributed by atoms with Crippen molar-refractivity contribution in [3.8, 4) is 0 Å². The molecule has 2 atom stereocenters. The van der Waals surface area contributed by atoms with Crippen molar-refractivity contribution in [2.45, 2.75) is 19.3 Å². The molecule has 1 fully saturated rings. The van der Waals surface area contributed by atoms with E-state index in [9.17, 15) is 9.59 Å². The molecule has 1 aromatic carbocycles. The molecule has 0 heterocycles. The van der Waals surface area contributed by atoms with Gasteiger partial charge in [-0.15, -0.1) is 0 Å². The van der Waals surface area contributed by atoms with Gasteiger partial charge in [-0.05, 0) is 37.0 Å². The fourth-order valence-corrected chi connectivity index (χ4v) is 2.17. The quantitative estimate of drug-likeness (QED) is 0.785. The maximum absolute atomic E-state index is 11.6. The molecule has 102 valence electrons. The topological polar surface area (TPSA) is 66.4 Å². The van der Waals surface area contributed by atoms with E-state index in [1.165, 1.54) is 5.56 Å². The Kier molecular flexibility index (Phi) is 4.43. The third kappa shape index (κ3) is 3.96. The van der Waals surface area contributed by atoms with Crippen LogP contribution in [0.5, 0.6) is 0 Å². The number of benzene rings is 1. The van der Waals surface area contributed by atoms with Gasteiger partial charge in [0, 0.05) is 11.6 Å². The molecule has 1 aliphatic rings. The molecule has 0 saturated heterocycles. The predicted molar refractivity (Wildman–Crippen MR) is 72.0 cm³/mol. The molecule has 1 aliphatic carbocycles. The number of carbonyl (C=O) groups is 2. The van der Waals surface area contributed by atoms with Gasteiger partial charge in [0.1, 0.15) is 0 Å². The van der Waals surface area contributed by atoms with Gasteiger partial charge in [0.05, 0.1) is 11.8 Å². The number of nitrogens with one attached hydrogen (secondary N) is 1. The van der Waals surface area contributed by atoms with Gasteiger partial charge in [-0.25, -0.2) is 0 Å². The highest BCUT2D eigenvalue weighted by Gasteiger charge is 2.48. The van der Waals surface area contributed by atoms with E-state index >= 15 is 0 Å². The summed E-state index contributed by atoms with van der Waals surface area (Å²) in [5, 5.41) is 12.2. The highest BCUT2D eigenvalue weighted by atomic mass is 35.5. The second kappa shape index (κ2) is 6.06. The number of carboxylic acids is 1. The van der Waals surface area contributed by atoms with Crippen molar-refractivity contribution in [2.75, 3.05) is 6.54 Å². The van der Waals surface area contributed by atoms with Crippen LogP contribution in [0.1, 0.15) is 18.4 Å². The molecule has 1 saturated carbocycles. The maximum atomic E-state index is 11.6. The molecule has 2 rings (SSSR count). The van der Waals surface area contributed by atoms with Gasteiger partial charge in [-0.3, -0.25) is 9.59 Å². The number of carboxylic acid groups (broad SMARTS) is 1. The zero-order valence-electron chi connectivity index (χ0n) is 10.4. The monoisotopic (exact) mass is 281 g/mol. The summed E-state index contributed by atoms with van der Waals surface area (Å²) in [5.74, 6) is -1.81. The summed E-state index contributed by atoms with van der Waals surface area (Å²) < 4.78 is 0. The number of aryl methyl sites for hydroxylation is 1. The Hall–Kier alpha value is -1.55. The lowest BCUT2D eigenvalue weighted by molar-refractivity contribution is -0.140. The van der Waals surface area contributed by atoms with E-state index in [2.05, 4.69) is 5.32 Å². The molecule has 4 nitrogen and oxygen atoms in total. The van der Waals surface area contributed by atoms with Crippen LogP contribution in [0.15, 0.2) is 24.3 Å². The first-order valence-corrected chi connectivity index (χ1v) is 6.70. The molecule has 0 aromatic heterocycles. The molecule has 0 spiro atoms. The summed E-state index contributed by atoms with van der Waals surface area (Å²) in [5.41, 5.74) is 1.17. The van der Waals surface area contributed by atoms with Crippen molar-refractivity contribution in [1.29, 1.82) is 0 Å². The third-order valence-corrected chi connectivity index (χ3v) is 3.55. The zero-order chi connectivity index (χ0) is 13.8. The van der Waals surface area contributed by atoms with Crippen LogP contribution in [0.2, 0.25) is 5.02 Å². The maximum Gasteiger partial charge on any atom is 0.307 e. The SMILES string of the molecule is O=C(O)C1CC1C(=O)NCCCc1ccc(Cl)cc1. The van der Waals surface area contributed by atoms with E-state index in [1.807, 2.05) is 24.3 Å². The van der Waals surface area contributed by atoms with E-state index in [1.54, 1.807) is 0 Å². The van der Waals surface area contributed by atoms with Crippen LogP contribution in [0.4, 0.5) is 0 Å². The van der Waals surface area contributed by atoms with Crippen LogP contribution < -0.4 is 5.32 Å². The summed E-state index contributed by atoms with van der Waals surface area (Å²) in [4.78, 5) is 22.2. The smallest absolute Gasteiger partial charge is 0.307 e. The molecular weight excluding hydrogens is 266 g/mol. The summed E-state index contributed by atoms with van der Waals surface area (Å²) in [6, 6.07) is 7.62. The predicted octanol–water partition coefficient (Wildman–Crippen LogP) is 2.11. The highest BCUT2D eigenvalue weighted by molar-refractivity contribution is 6.30. The van der Waals surface area contributed by atoms with Crippen molar-refractivity contribution >= 4 is 23.5 Å². The van der Waals surface area contributed by atoms with Gasteiger partial charge in [0.25, 0.3) is 0 Å². The lowest BCUT2D eigenvalue weighted by atomic mass is 10.1. The van der Waals surface area contributed by atoms with Gasteiger partial charge in [0.15, 0.2) is 0 Å². The zero-order valence-corrected chi connectivity index (χ0v) is 11.2. The molecule has 19 heavy (non-hydrogen) atoms. The standard InChI is InChI=1S/C14H16ClNO3/c15-10-5-3-9(4-6-10)2-1-7-16-13(17)11-8-12(11)14(18)19/h3-6,11-12H,1-2,7-8H2,(H,16,17)(H,18,19). The minimum atomic E-state index is -0.874. The molecule has 5 heteroatoms. The van der Waals surface area contributed by atoms with Crippen molar-refractivity contribution in [2.24, 2.45) is 11.8 Å². The Bertz CT molecular complexity index is 472. The first kappa shape index (κ1) is 13.9. The molecule has 0 bridgehead atoms. The van der Waals surface area contributed by atoms with E-state index < -0.39 is 11.9 Å². The summed E-state index contributed by atoms with van der Waals surface area (Å²) in [6.07, 6.45) is 2.17. The fraction of sp³-hybridized carbons (Fsp3) is 0.429. The largest absolute Gasteiger partial charge is 0.481 e. The number of hydrogen-bond donors (Lipinski definition) is 2. The third-order valence-electron chi connectivity index (χ3n) is 3.30. The first-order valence-electron chi connectivity index (χ1n) is 6.33. The molecule has 0 radical (unpaired) electrons. The molecule has 1 amide bonds. The van der Waals surface area contributed by atoms with Crippen LogP contribution >= 0.6 is 11.6 Å². The average molecular weight is 282 g/mol. The van der Waals surface area contributed by atoms with Crippen molar-refractivity contribution in [1.82, 2.24) is 5.32 Å². The lowest BCUT2D eigenvalue weighted by Gasteiger charge is -2.04. The Morgan fingerprint density at radius 1 is 1.26 bits per heavy atom. The van der Waals surface area contributed by atoms with Gasteiger partial charge in [0.2, 0.25) is 5.91 Å². The van der Waals surface area contributed by atoms with Crippen LogP contribution in [0, 0.1) is 11.8 Å².